The number of thioether (sulfide) groups is 1. The van der Waals surface area contributed by atoms with Gasteiger partial charge in [-0.3, -0.25) is 9.59 Å². The fraction of sp³-hybridized carbons (Fsp3) is 0.188. The Morgan fingerprint density at radius 2 is 2.17 bits per heavy atom. The molecule has 0 bridgehead atoms. The van der Waals surface area contributed by atoms with Crippen molar-refractivity contribution in [1.29, 1.82) is 0 Å². The molecule has 5 nitrogen and oxygen atoms in total. The Labute approximate surface area is 140 Å². The lowest BCUT2D eigenvalue weighted by atomic mass is 9.86. The molecule has 1 amide bonds. The van der Waals surface area contributed by atoms with Gasteiger partial charge in [-0.15, -0.1) is 6.58 Å². The number of halogens is 2. The Morgan fingerprint density at radius 3 is 2.92 bits per heavy atom. The number of fused-ring (bicyclic) bond motifs is 1. The van der Waals surface area contributed by atoms with E-state index in [1.54, 1.807) is 6.08 Å². The van der Waals surface area contributed by atoms with Crippen molar-refractivity contribution in [3.8, 4) is 0 Å². The number of nitrogens with one attached hydrogen (secondary N) is 2. The number of rotatable bonds is 4. The van der Waals surface area contributed by atoms with E-state index in [-0.39, 0.29) is 23.4 Å². The maximum atomic E-state index is 14.1. The van der Waals surface area contributed by atoms with E-state index in [0.717, 1.165) is 18.2 Å². The van der Waals surface area contributed by atoms with Crippen LogP contribution in [0.1, 0.15) is 23.5 Å². The summed E-state index contributed by atoms with van der Waals surface area (Å²) in [5.41, 5.74) is -0.396. The summed E-state index contributed by atoms with van der Waals surface area (Å²) in [7, 11) is 0. The van der Waals surface area contributed by atoms with Crippen molar-refractivity contribution < 1.29 is 13.6 Å². The summed E-state index contributed by atoms with van der Waals surface area (Å²) >= 11 is 1.24. The molecule has 0 spiro atoms. The van der Waals surface area contributed by atoms with E-state index in [4.69, 9.17) is 0 Å². The second-order valence-corrected chi connectivity index (χ2v) is 6.21. The Bertz CT molecular complexity index is 882. The van der Waals surface area contributed by atoms with Crippen LogP contribution in [0, 0.1) is 11.6 Å². The molecule has 2 N–H and O–H groups in total. The summed E-state index contributed by atoms with van der Waals surface area (Å²) in [6.07, 6.45) is 1.49. The smallest absolute Gasteiger partial charge is 0.257 e. The van der Waals surface area contributed by atoms with E-state index in [0.29, 0.717) is 10.9 Å². The van der Waals surface area contributed by atoms with Crippen molar-refractivity contribution >= 4 is 23.5 Å². The number of carbonyl (C=O) groups excluding carboxylic acids is 1. The number of nitrogens with zero attached hydrogens (tertiary/aromatic N) is 1. The third-order valence-corrected chi connectivity index (χ3v) is 4.47. The van der Waals surface area contributed by atoms with E-state index in [1.165, 1.54) is 11.8 Å². The summed E-state index contributed by atoms with van der Waals surface area (Å²) < 4.78 is 27.6. The first-order valence-electron chi connectivity index (χ1n) is 7.12. The van der Waals surface area contributed by atoms with Gasteiger partial charge in [-0.05, 0) is 23.8 Å². The van der Waals surface area contributed by atoms with Gasteiger partial charge in [0.05, 0.1) is 5.56 Å². The number of amides is 1. The quantitative estimate of drug-likeness (QED) is 0.506. The van der Waals surface area contributed by atoms with Crippen LogP contribution in [-0.4, -0.2) is 21.6 Å². The van der Waals surface area contributed by atoms with Crippen LogP contribution < -0.4 is 10.9 Å². The van der Waals surface area contributed by atoms with Crippen LogP contribution in [-0.2, 0) is 4.79 Å². The van der Waals surface area contributed by atoms with Crippen molar-refractivity contribution in [2.24, 2.45) is 0 Å². The zero-order valence-corrected chi connectivity index (χ0v) is 13.3. The highest BCUT2D eigenvalue weighted by molar-refractivity contribution is 7.99. The van der Waals surface area contributed by atoms with Crippen LogP contribution in [0.2, 0.25) is 0 Å². The molecule has 1 atom stereocenters. The molecule has 1 aliphatic heterocycles. The van der Waals surface area contributed by atoms with Gasteiger partial charge in [-0.2, -0.15) is 0 Å². The number of H-pyrrole nitrogens is 1. The van der Waals surface area contributed by atoms with E-state index in [9.17, 15) is 18.4 Å². The van der Waals surface area contributed by atoms with Crippen LogP contribution in [0.25, 0.3) is 0 Å². The minimum Gasteiger partial charge on any atom is -0.310 e. The molecular formula is C16H13F2N3O2S. The predicted octanol–water partition coefficient (Wildman–Crippen LogP) is 2.80. The highest BCUT2D eigenvalue weighted by atomic mass is 32.2. The van der Waals surface area contributed by atoms with Gasteiger partial charge in [-0.25, -0.2) is 13.8 Å². The lowest BCUT2D eigenvalue weighted by molar-refractivity contribution is -0.116. The monoisotopic (exact) mass is 349 g/mol. The van der Waals surface area contributed by atoms with Gasteiger partial charge in [-0.1, -0.05) is 17.8 Å². The minimum atomic E-state index is -0.890. The molecule has 2 aromatic rings. The highest BCUT2D eigenvalue weighted by Crippen LogP contribution is 2.35. The Balaban J connectivity index is 2.13. The van der Waals surface area contributed by atoms with Crippen LogP contribution >= 0.6 is 11.8 Å². The first kappa shape index (κ1) is 16.4. The Kier molecular flexibility index (Phi) is 4.48. The molecule has 1 unspecified atom stereocenters. The van der Waals surface area contributed by atoms with E-state index in [1.807, 2.05) is 0 Å². The van der Waals surface area contributed by atoms with Crippen molar-refractivity contribution in [1.82, 2.24) is 9.97 Å². The summed E-state index contributed by atoms with van der Waals surface area (Å²) in [6.45, 7) is 3.58. The summed E-state index contributed by atoms with van der Waals surface area (Å²) in [5.74, 6) is -2.01. The average Bonchev–Trinajstić information content (AvgIpc) is 2.54. The number of anilines is 1. The van der Waals surface area contributed by atoms with Crippen molar-refractivity contribution in [3.05, 3.63) is 64.0 Å². The topological polar surface area (TPSA) is 74.8 Å². The largest absolute Gasteiger partial charge is 0.310 e. The van der Waals surface area contributed by atoms with Crippen LogP contribution in [0.5, 0.6) is 0 Å². The fourth-order valence-corrected chi connectivity index (χ4v) is 3.20. The summed E-state index contributed by atoms with van der Waals surface area (Å²) in [5, 5.41) is 2.84. The molecule has 124 valence electrons. The Morgan fingerprint density at radius 1 is 1.38 bits per heavy atom. The highest BCUT2D eigenvalue weighted by Gasteiger charge is 2.32. The fourth-order valence-electron chi connectivity index (χ4n) is 2.60. The summed E-state index contributed by atoms with van der Waals surface area (Å²) in [6, 6.07) is 2.97. The van der Waals surface area contributed by atoms with Gasteiger partial charge in [0.1, 0.15) is 17.5 Å². The third-order valence-electron chi connectivity index (χ3n) is 3.60. The van der Waals surface area contributed by atoms with Gasteiger partial charge in [0.25, 0.3) is 5.56 Å². The molecule has 3 rings (SSSR count). The zero-order chi connectivity index (χ0) is 17.3. The number of hydrogen-bond donors (Lipinski definition) is 2. The van der Waals surface area contributed by atoms with Gasteiger partial charge >= 0.3 is 0 Å². The lowest BCUT2D eigenvalue weighted by Gasteiger charge is -2.24. The minimum absolute atomic E-state index is 0.0371. The molecule has 0 saturated heterocycles. The average molecular weight is 349 g/mol. The van der Waals surface area contributed by atoms with E-state index >= 15 is 0 Å². The molecule has 1 aromatic carbocycles. The van der Waals surface area contributed by atoms with Crippen molar-refractivity contribution in [2.45, 2.75) is 17.5 Å². The molecule has 0 radical (unpaired) electrons. The molecular weight excluding hydrogens is 336 g/mol. The van der Waals surface area contributed by atoms with E-state index in [2.05, 4.69) is 21.9 Å². The predicted molar refractivity (Wildman–Crippen MR) is 87.2 cm³/mol. The normalized spacial score (nSPS) is 16.4. The maximum absolute atomic E-state index is 14.1. The third kappa shape index (κ3) is 3.09. The lowest BCUT2D eigenvalue weighted by Crippen LogP contribution is -2.31. The van der Waals surface area contributed by atoms with E-state index < -0.39 is 29.0 Å². The molecule has 0 fully saturated rings. The van der Waals surface area contributed by atoms with Crippen molar-refractivity contribution in [2.75, 3.05) is 11.1 Å². The molecule has 8 heteroatoms. The number of aromatic nitrogens is 2. The zero-order valence-electron chi connectivity index (χ0n) is 12.4. The molecule has 2 heterocycles. The second-order valence-electron chi connectivity index (χ2n) is 5.20. The van der Waals surface area contributed by atoms with Gasteiger partial charge in [0.2, 0.25) is 5.91 Å². The van der Waals surface area contributed by atoms with Crippen LogP contribution in [0.3, 0.4) is 0 Å². The van der Waals surface area contributed by atoms with Gasteiger partial charge in [0, 0.05) is 18.1 Å². The molecule has 24 heavy (non-hydrogen) atoms. The van der Waals surface area contributed by atoms with Crippen molar-refractivity contribution in [3.63, 3.8) is 0 Å². The van der Waals surface area contributed by atoms with Gasteiger partial charge < -0.3 is 10.3 Å². The Hall–Kier alpha value is -2.48. The second kappa shape index (κ2) is 6.56. The standard InChI is InChI=1S/C16H13F2N3O2S/c1-2-5-24-16-20-14-13(15(23)21-16)10(7-12(22)19-14)9-6-8(17)3-4-11(9)18/h2-4,6,10H,1,5,7H2,(H2,19,20,21,22,23). The molecule has 0 saturated carbocycles. The number of carbonyl (C=O) groups is 1. The maximum Gasteiger partial charge on any atom is 0.257 e. The van der Waals surface area contributed by atoms with Crippen LogP contribution in [0.4, 0.5) is 14.6 Å². The van der Waals surface area contributed by atoms with Crippen LogP contribution in [0.15, 0.2) is 40.8 Å². The number of benzene rings is 1. The first-order chi connectivity index (χ1) is 11.5. The number of aromatic amines is 1. The SMILES string of the molecule is C=CCSc1nc2c(c(=O)[nH]1)C(c1cc(F)ccc1F)CC(=O)N2. The first-order valence-corrected chi connectivity index (χ1v) is 8.11. The van der Waals surface area contributed by atoms with Gasteiger partial charge in [0.15, 0.2) is 5.16 Å². The molecule has 1 aromatic heterocycles. The number of hydrogen-bond acceptors (Lipinski definition) is 4. The molecule has 1 aliphatic rings. The summed E-state index contributed by atoms with van der Waals surface area (Å²) in [4.78, 5) is 31.2. The molecule has 0 aliphatic carbocycles.